The van der Waals surface area contributed by atoms with E-state index in [-0.39, 0.29) is 11.8 Å². The molecule has 1 amide bonds. The molecule has 3 nitrogen and oxygen atoms in total. The van der Waals surface area contributed by atoms with Gasteiger partial charge in [-0.3, -0.25) is 4.79 Å². The zero-order chi connectivity index (χ0) is 10.5. The van der Waals surface area contributed by atoms with Crippen molar-refractivity contribution in [1.82, 2.24) is 5.32 Å². The van der Waals surface area contributed by atoms with Crippen molar-refractivity contribution in [1.29, 1.82) is 5.26 Å². The summed E-state index contributed by atoms with van der Waals surface area (Å²) in [5, 5.41) is 11.6. The molecule has 0 spiro atoms. The van der Waals surface area contributed by atoms with Gasteiger partial charge in [0.1, 0.15) is 5.54 Å². The van der Waals surface area contributed by atoms with Crippen LogP contribution in [0.1, 0.15) is 40.5 Å². The van der Waals surface area contributed by atoms with Gasteiger partial charge >= 0.3 is 0 Å². The normalized spacial score (nSPS) is 16.8. The number of rotatable bonds is 4. The van der Waals surface area contributed by atoms with E-state index in [2.05, 4.69) is 11.4 Å². The lowest BCUT2D eigenvalue weighted by Crippen LogP contribution is -2.46. The maximum atomic E-state index is 11.4. The van der Waals surface area contributed by atoms with E-state index in [0.29, 0.717) is 6.42 Å². The summed E-state index contributed by atoms with van der Waals surface area (Å²) in [6.07, 6.45) is 1.43. The predicted octanol–water partition coefficient (Wildman–Crippen LogP) is 1.84. The topological polar surface area (TPSA) is 52.9 Å². The fourth-order valence-electron chi connectivity index (χ4n) is 0.776. The molecule has 2 unspecified atom stereocenters. The Morgan fingerprint density at radius 3 is 2.46 bits per heavy atom. The molecule has 3 heteroatoms. The molecule has 0 rings (SSSR count). The number of carbonyl (C=O) groups is 1. The Labute approximate surface area is 80.1 Å². The zero-order valence-corrected chi connectivity index (χ0v) is 8.85. The Balaban J connectivity index is 4.28. The summed E-state index contributed by atoms with van der Waals surface area (Å²) in [5.41, 5.74) is -0.708. The van der Waals surface area contributed by atoms with Crippen LogP contribution >= 0.6 is 0 Å². The van der Waals surface area contributed by atoms with Gasteiger partial charge in [0.05, 0.1) is 6.07 Å². The van der Waals surface area contributed by atoms with Crippen LogP contribution in [0.4, 0.5) is 0 Å². The molecule has 0 fully saturated rings. The van der Waals surface area contributed by atoms with E-state index in [0.717, 1.165) is 6.42 Å². The average molecular weight is 182 g/mol. The molecular formula is C10H18N2O. The van der Waals surface area contributed by atoms with Gasteiger partial charge in [0.15, 0.2) is 0 Å². The Bertz CT molecular complexity index is 219. The van der Waals surface area contributed by atoms with Gasteiger partial charge in [-0.05, 0) is 19.8 Å². The third-order valence-electron chi connectivity index (χ3n) is 2.41. The predicted molar refractivity (Wildman–Crippen MR) is 51.9 cm³/mol. The summed E-state index contributed by atoms with van der Waals surface area (Å²) < 4.78 is 0. The second-order valence-electron chi connectivity index (χ2n) is 3.60. The van der Waals surface area contributed by atoms with Gasteiger partial charge in [0, 0.05) is 5.92 Å². The van der Waals surface area contributed by atoms with E-state index in [9.17, 15) is 4.79 Å². The number of amides is 1. The second kappa shape index (κ2) is 4.86. The van der Waals surface area contributed by atoms with Crippen LogP contribution in [0.15, 0.2) is 0 Å². The molecule has 0 saturated carbocycles. The standard InChI is InChI=1S/C10H18N2O/c1-5-8(3)9(13)12-10(4,6-2)7-11/h8H,5-6H2,1-4H3,(H,12,13). The highest BCUT2D eigenvalue weighted by molar-refractivity contribution is 5.79. The SMILES string of the molecule is CCC(C)C(=O)NC(C)(C#N)CC. The monoisotopic (exact) mass is 182 g/mol. The third-order valence-corrected chi connectivity index (χ3v) is 2.41. The Hall–Kier alpha value is -1.04. The number of nitrogens with one attached hydrogen (secondary N) is 1. The van der Waals surface area contributed by atoms with Crippen LogP contribution in [0.5, 0.6) is 0 Å². The molecule has 0 aromatic carbocycles. The van der Waals surface area contributed by atoms with Crippen molar-refractivity contribution < 1.29 is 4.79 Å². The first kappa shape index (κ1) is 12.0. The number of carbonyl (C=O) groups excluding carboxylic acids is 1. The van der Waals surface area contributed by atoms with Crippen molar-refractivity contribution in [3.8, 4) is 6.07 Å². The first-order chi connectivity index (χ1) is 5.99. The van der Waals surface area contributed by atoms with Crippen LogP contribution < -0.4 is 5.32 Å². The number of hydrogen-bond acceptors (Lipinski definition) is 2. The summed E-state index contributed by atoms with van der Waals surface area (Å²) in [6.45, 7) is 7.45. The minimum atomic E-state index is -0.708. The highest BCUT2D eigenvalue weighted by Crippen LogP contribution is 2.09. The van der Waals surface area contributed by atoms with Gasteiger partial charge in [-0.2, -0.15) is 5.26 Å². The largest absolute Gasteiger partial charge is 0.338 e. The van der Waals surface area contributed by atoms with Crippen molar-refractivity contribution in [2.75, 3.05) is 0 Å². The molecule has 0 aliphatic heterocycles. The van der Waals surface area contributed by atoms with Crippen LogP contribution in [-0.2, 0) is 4.79 Å². The Morgan fingerprint density at radius 2 is 2.15 bits per heavy atom. The van der Waals surface area contributed by atoms with Crippen molar-refractivity contribution in [3.63, 3.8) is 0 Å². The van der Waals surface area contributed by atoms with E-state index < -0.39 is 5.54 Å². The Morgan fingerprint density at radius 1 is 1.62 bits per heavy atom. The van der Waals surface area contributed by atoms with Crippen molar-refractivity contribution in [2.24, 2.45) is 5.92 Å². The molecule has 0 aliphatic rings. The molecule has 0 saturated heterocycles. The highest BCUT2D eigenvalue weighted by Gasteiger charge is 2.25. The minimum absolute atomic E-state index is 0.0146. The number of nitriles is 1. The molecule has 13 heavy (non-hydrogen) atoms. The minimum Gasteiger partial charge on any atom is -0.338 e. The van der Waals surface area contributed by atoms with Crippen molar-refractivity contribution in [2.45, 2.75) is 46.1 Å². The average Bonchev–Trinajstić information content (AvgIpc) is 2.16. The van der Waals surface area contributed by atoms with E-state index in [4.69, 9.17) is 5.26 Å². The lowest BCUT2D eigenvalue weighted by Gasteiger charge is -2.23. The zero-order valence-electron chi connectivity index (χ0n) is 8.85. The molecular weight excluding hydrogens is 164 g/mol. The quantitative estimate of drug-likeness (QED) is 0.721. The Kier molecular flexibility index (Phi) is 4.47. The van der Waals surface area contributed by atoms with Crippen LogP contribution in [0.2, 0.25) is 0 Å². The molecule has 74 valence electrons. The first-order valence-corrected chi connectivity index (χ1v) is 4.72. The molecule has 0 radical (unpaired) electrons. The second-order valence-corrected chi connectivity index (χ2v) is 3.60. The summed E-state index contributed by atoms with van der Waals surface area (Å²) in [7, 11) is 0. The maximum Gasteiger partial charge on any atom is 0.224 e. The van der Waals surface area contributed by atoms with Gasteiger partial charge in [0.25, 0.3) is 0 Å². The third kappa shape index (κ3) is 3.45. The van der Waals surface area contributed by atoms with E-state index >= 15 is 0 Å². The molecule has 2 atom stereocenters. The molecule has 0 bridgehead atoms. The van der Waals surface area contributed by atoms with Gasteiger partial charge < -0.3 is 5.32 Å². The summed E-state index contributed by atoms with van der Waals surface area (Å²) in [5.74, 6) is -0.0485. The van der Waals surface area contributed by atoms with E-state index in [1.165, 1.54) is 0 Å². The van der Waals surface area contributed by atoms with Crippen LogP contribution in [0.25, 0.3) is 0 Å². The summed E-state index contributed by atoms with van der Waals surface area (Å²) in [4.78, 5) is 11.4. The first-order valence-electron chi connectivity index (χ1n) is 4.72. The number of hydrogen-bond donors (Lipinski definition) is 1. The molecule has 0 aromatic heterocycles. The maximum absolute atomic E-state index is 11.4. The lowest BCUT2D eigenvalue weighted by molar-refractivity contribution is -0.125. The van der Waals surface area contributed by atoms with Crippen LogP contribution in [0.3, 0.4) is 0 Å². The fourth-order valence-corrected chi connectivity index (χ4v) is 0.776. The fraction of sp³-hybridized carbons (Fsp3) is 0.800. The van der Waals surface area contributed by atoms with E-state index in [1.54, 1.807) is 6.92 Å². The van der Waals surface area contributed by atoms with Crippen molar-refractivity contribution >= 4 is 5.91 Å². The van der Waals surface area contributed by atoms with Gasteiger partial charge in [-0.15, -0.1) is 0 Å². The van der Waals surface area contributed by atoms with Gasteiger partial charge in [-0.25, -0.2) is 0 Å². The van der Waals surface area contributed by atoms with Crippen LogP contribution in [0, 0.1) is 17.2 Å². The van der Waals surface area contributed by atoms with E-state index in [1.807, 2.05) is 20.8 Å². The lowest BCUT2D eigenvalue weighted by atomic mass is 9.99. The number of nitrogens with zero attached hydrogens (tertiary/aromatic N) is 1. The van der Waals surface area contributed by atoms with Gasteiger partial charge in [0.2, 0.25) is 5.91 Å². The van der Waals surface area contributed by atoms with Gasteiger partial charge in [-0.1, -0.05) is 20.8 Å². The smallest absolute Gasteiger partial charge is 0.224 e. The molecule has 0 heterocycles. The summed E-state index contributed by atoms with van der Waals surface area (Å²) >= 11 is 0. The molecule has 0 aliphatic carbocycles. The molecule has 0 aromatic rings. The molecule has 1 N–H and O–H groups in total. The highest BCUT2D eigenvalue weighted by atomic mass is 16.2. The van der Waals surface area contributed by atoms with Crippen LogP contribution in [-0.4, -0.2) is 11.4 Å². The summed E-state index contributed by atoms with van der Waals surface area (Å²) in [6, 6.07) is 2.11. The van der Waals surface area contributed by atoms with Crippen molar-refractivity contribution in [3.05, 3.63) is 0 Å².